The number of carbonyl (C=O) groups is 2. The van der Waals surface area contributed by atoms with Gasteiger partial charge in [-0.25, -0.2) is 4.79 Å². The minimum absolute atomic E-state index is 0.0409. The normalized spacial score (nSPS) is 14.1. The van der Waals surface area contributed by atoms with Crippen LogP contribution in [0.1, 0.15) is 28.1 Å². The Morgan fingerprint density at radius 2 is 2.00 bits per heavy atom. The van der Waals surface area contributed by atoms with Gasteiger partial charge in [0.1, 0.15) is 0 Å². The summed E-state index contributed by atoms with van der Waals surface area (Å²) in [5.41, 5.74) is 5.12. The first kappa shape index (κ1) is 24.7. The minimum atomic E-state index is -0.0767. The van der Waals surface area contributed by atoms with E-state index >= 15 is 0 Å². The lowest BCUT2D eigenvalue weighted by Crippen LogP contribution is -2.37. The van der Waals surface area contributed by atoms with Gasteiger partial charge >= 0.3 is 6.03 Å². The number of hydrogen-bond acceptors (Lipinski definition) is 5. The molecule has 0 unspecified atom stereocenters. The lowest BCUT2D eigenvalue weighted by atomic mass is 10.1. The highest BCUT2D eigenvalue weighted by Crippen LogP contribution is 2.26. The Morgan fingerprint density at radius 3 is 2.86 bits per heavy atom. The molecule has 9 heteroatoms. The second-order valence-corrected chi connectivity index (χ2v) is 10.1. The van der Waals surface area contributed by atoms with Crippen LogP contribution < -0.4 is 16.0 Å². The predicted molar refractivity (Wildman–Crippen MR) is 151 cm³/mol. The molecule has 2 aromatic heterocycles. The fourth-order valence-electron chi connectivity index (χ4n) is 4.37. The van der Waals surface area contributed by atoms with Crippen molar-refractivity contribution in [3.8, 4) is 0 Å². The molecule has 190 valence electrons. The van der Waals surface area contributed by atoms with Crippen molar-refractivity contribution < 1.29 is 9.59 Å². The molecule has 3 amide bonds. The van der Waals surface area contributed by atoms with E-state index in [0.717, 1.165) is 70.0 Å². The third-order valence-electron chi connectivity index (χ3n) is 6.33. The number of thiophene rings is 1. The molecular weight excluding hydrogens is 484 g/mol. The van der Waals surface area contributed by atoms with Crippen LogP contribution in [0.4, 0.5) is 16.2 Å². The average Bonchev–Trinajstić information content (AvgIpc) is 3.44. The maximum Gasteiger partial charge on any atom is 0.321 e. The second-order valence-electron chi connectivity index (χ2n) is 9.11. The van der Waals surface area contributed by atoms with Crippen LogP contribution >= 0.6 is 11.3 Å². The Bertz CT molecular complexity index is 1420. The summed E-state index contributed by atoms with van der Waals surface area (Å²) in [7, 11) is 0. The first-order valence-corrected chi connectivity index (χ1v) is 13.3. The number of aromatic amines is 1. The van der Waals surface area contributed by atoms with E-state index in [1.165, 1.54) is 0 Å². The molecule has 0 radical (unpaired) electrons. The number of fused-ring (bicyclic) bond motifs is 1. The number of nitrogens with one attached hydrogen (secondary N) is 4. The van der Waals surface area contributed by atoms with E-state index in [1.807, 2.05) is 77.9 Å². The maximum atomic E-state index is 12.7. The first-order valence-electron chi connectivity index (χ1n) is 12.4. The Hall–Kier alpha value is -3.95. The molecule has 0 saturated carbocycles. The third-order valence-corrected chi connectivity index (χ3v) is 7.20. The fourth-order valence-corrected chi connectivity index (χ4v) is 5.07. The van der Waals surface area contributed by atoms with Gasteiger partial charge in [-0.15, -0.1) is 11.3 Å². The van der Waals surface area contributed by atoms with Crippen LogP contribution in [0.2, 0.25) is 0 Å². The lowest BCUT2D eigenvalue weighted by Gasteiger charge is -2.20. The molecule has 0 bridgehead atoms. The molecule has 4 aromatic rings. The number of aromatic nitrogens is 2. The summed E-state index contributed by atoms with van der Waals surface area (Å²) >= 11 is 1.58. The molecule has 4 N–H and O–H groups in total. The van der Waals surface area contributed by atoms with E-state index in [1.54, 1.807) is 11.3 Å². The number of aryl methyl sites for hydroxylation is 1. The summed E-state index contributed by atoms with van der Waals surface area (Å²) in [5, 5.41) is 19.8. The average molecular weight is 515 g/mol. The minimum Gasteiger partial charge on any atom is -0.326 e. The number of rotatable bonds is 6. The monoisotopic (exact) mass is 514 g/mol. The quantitative estimate of drug-likeness (QED) is 0.287. The molecule has 3 heterocycles. The number of amides is 3. The third kappa shape index (κ3) is 6.25. The summed E-state index contributed by atoms with van der Waals surface area (Å²) < 4.78 is 0. The number of hydrogen-bond donors (Lipinski definition) is 4. The van der Waals surface area contributed by atoms with Gasteiger partial charge < -0.3 is 20.9 Å². The van der Waals surface area contributed by atoms with E-state index in [0.29, 0.717) is 13.0 Å². The zero-order valence-corrected chi connectivity index (χ0v) is 21.5. The highest BCUT2D eigenvalue weighted by molar-refractivity contribution is 7.10. The van der Waals surface area contributed by atoms with Gasteiger partial charge in [0.2, 0.25) is 5.91 Å². The number of anilines is 2. The van der Waals surface area contributed by atoms with Gasteiger partial charge in [-0.05, 0) is 72.8 Å². The number of carbonyl (C=O) groups excluding carboxylic acids is 2. The van der Waals surface area contributed by atoms with Crippen LogP contribution in [-0.2, 0) is 11.2 Å². The van der Waals surface area contributed by atoms with Gasteiger partial charge in [-0.2, -0.15) is 5.10 Å². The molecule has 0 aliphatic carbocycles. The lowest BCUT2D eigenvalue weighted by molar-refractivity contribution is -0.115. The van der Waals surface area contributed by atoms with Gasteiger partial charge in [-0.1, -0.05) is 24.3 Å². The van der Waals surface area contributed by atoms with Crippen molar-refractivity contribution in [1.82, 2.24) is 20.4 Å². The predicted octanol–water partition coefficient (Wildman–Crippen LogP) is 5.11. The van der Waals surface area contributed by atoms with Crippen molar-refractivity contribution >= 4 is 57.7 Å². The van der Waals surface area contributed by atoms with Crippen molar-refractivity contribution in [2.45, 2.75) is 19.8 Å². The smallest absolute Gasteiger partial charge is 0.321 e. The van der Waals surface area contributed by atoms with Crippen LogP contribution in [0, 0.1) is 6.92 Å². The van der Waals surface area contributed by atoms with E-state index < -0.39 is 0 Å². The van der Waals surface area contributed by atoms with E-state index in [-0.39, 0.29) is 11.9 Å². The Kier molecular flexibility index (Phi) is 7.62. The molecule has 37 heavy (non-hydrogen) atoms. The molecule has 5 rings (SSSR count). The fraction of sp³-hybridized carbons (Fsp3) is 0.250. The number of urea groups is 1. The molecular formula is C28H30N6O2S. The van der Waals surface area contributed by atoms with Gasteiger partial charge in [0.25, 0.3) is 0 Å². The zero-order chi connectivity index (χ0) is 25.6. The van der Waals surface area contributed by atoms with Crippen molar-refractivity contribution in [1.29, 1.82) is 0 Å². The van der Waals surface area contributed by atoms with Crippen molar-refractivity contribution in [3.05, 3.63) is 75.6 Å². The number of H-pyrrole nitrogens is 1. The summed E-state index contributed by atoms with van der Waals surface area (Å²) in [6, 6.07) is 15.5. The van der Waals surface area contributed by atoms with Crippen LogP contribution in [0.5, 0.6) is 0 Å². The van der Waals surface area contributed by atoms with E-state index in [2.05, 4.69) is 26.1 Å². The molecule has 1 fully saturated rings. The first-order chi connectivity index (χ1) is 18.0. The zero-order valence-electron chi connectivity index (χ0n) is 20.7. The number of nitrogens with zero attached hydrogens (tertiary/aromatic N) is 2. The summed E-state index contributed by atoms with van der Waals surface area (Å²) in [4.78, 5) is 28.1. The SMILES string of the molecule is Cc1cc2[nH]nc(/C=C/c3cccc(NC(=O)N4CCCNCC4)c3)c2cc1NC(=O)Cc1cccs1. The Morgan fingerprint density at radius 1 is 1.08 bits per heavy atom. The summed E-state index contributed by atoms with van der Waals surface area (Å²) in [6.07, 6.45) is 5.21. The molecule has 8 nitrogen and oxygen atoms in total. The maximum absolute atomic E-state index is 12.7. The molecule has 2 aromatic carbocycles. The molecule has 1 saturated heterocycles. The molecule has 1 aliphatic rings. The van der Waals surface area contributed by atoms with Crippen LogP contribution in [0.25, 0.3) is 23.1 Å². The van der Waals surface area contributed by atoms with Crippen LogP contribution in [0.3, 0.4) is 0 Å². The van der Waals surface area contributed by atoms with E-state index in [9.17, 15) is 9.59 Å². The largest absolute Gasteiger partial charge is 0.326 e. The van der Waals surface area contributed by atoms with Crippen LogP contribution in [-0.4, -0.2) is 53.2 Å². The van der Waals surface area contributed by atoms with Gasteiger partial charge in [-0.3, -0.25) is 9.89 Å². The standard InChI is InChI=1S/C28H30N6O2S/c1-19-15-26-23(18-25(19)31-27(35)17-22-7-3-14-37-22)24(32-33-26)9-8-20-5-2-6-21(16-20)30-28(36)34-12-4-10-29-11-13-34/h2-3,5-9,14-16,18,29H,4,10-13,17H2,1H3,(H,30,36)(H,31,35)(H,32,33)/b9-8+. The second kappa shape index (κ2) is 11.4. The summed E-state index contributed by atoms with van der Waals surface area (Å²) in [5.74, 6) is -0.0409. The topological polar surface area (TPSA) is 102 Å². The Labute approximate surface area is 219 Å². The molecule has 1 aliphatic heterocycles. The van der Waals surface area contributed by atoms with E-state index in [4.69, 9.17) is 0 Å². The summed E-state index contributed by atoms with van der Waals surface area (Å²) in [6.45, 7) is 5.18. The highest BCUT2D eigenvalue weighted by atomic mass is 32.1. The van der Waals surface area contributed by atoms with Gasteiger partial charge in [0.15, 0.2) is 0 Å². The van der Waals surface area contributed by atoms with Crippen molar-refractivity contribution in [3.63, 3.8) is 0 Å². The van der Waals surface area contributed by atoms with Gasteiger partial charge in [0, 0.05) is 41.3 Å². The molecule has 0 atom stereocenters. The molecule has 0 spiro atoms. The van der Waals surface area contributed by atoms with Gasteiger partial charge in [0.05, 0.1) is 17.6 Å². The Balaban J connectivity index is 1.29. The number of benzene rings is 2. The highest BCUT2D eigenvalue weighted by Gasteiger charge is 2.15. The van der Waals surface area contributed by atoms with Crippen molar-refractivity contribution in [2.75, 3.05) is 36.8 Å². The van der Waals surface area contributed by atoms with Crippen molar-refractivity contribution in [2.24, 2.45) is 0 Å². The van der Waals surface area contributed by atoms with Crippen LogP contribution in [0.15, 0.2) is 53.9 Å².